The number of carbonyl (C=O) groups excluding carboxylic acids is 2. The molecule has 1 aliphatic rings. The van der Waals surface area contributed by atoms with E-state index in [-0.39, 0.29) is 17.5 Å². The predicted molar refractivity (Wildman–Crippen MR) is 90.5 cm³/mol. The fourth-order valence-corrected chi connectivity index (χ4v) is 3.65. The Kier molecular flexibility index (Phi) is 5.38. The molecule has 2 amide bonds. The lowest BCUT2D eigenvalue weighted by Gasteiger charge is -2.45. The zero-order valence-electron chi connectivity index (χ0n) is 14.1. The molecule has 142 valence electrons. The van der Waals surface area contributed by atoms with E-state index in [4.69, 9.17) is 4.74 Å². The van der Waals surface area contributed by atoms with Gasteiger partial charge in [-0.1, -0.05) is 36.4 Å². The Labute approximate surface area is 156 Å². The number of nitrogens with zero attached hydrogens (tertiary/aromatic N) is 2. The number of amides is 2. The molecule has 1 N–H and O–H groups in total. The second-order valence-corrected chi connectivity index (χ2v) is 7.16. The van der Waals surface area contributed by atoms with Crippen LogP contribution in [-0.4, -0.2) is 41.4 Å². The van der Waals surface area contributed by atoms with Crippen molar-refractivity contribution in [2.75, 3.05) is 0 Å². The van der Waals surface area contributed by atoms with E-state index >= 15 is 0 Å². The summed E-state index contributed by atoms with van der Waals surface area (Å²) < 4.78 is 41.0. The molecular weight excluding hydrogens is 374 g/mol. The topological polar surface area (TPSA) is 120 Å². The van der Waals surface area contributed by atoms with Gasteiger partial charge in [0.25, 0.3) is 5.91 Å². The maximum absolute atomic E-state index is 12.1. The van der Waals surface area contributed by atoms with E-state index in [1.54, 1.807) is 59.4 Å². The van der Waals surface area contributed by atoms with Crippen LogP contribution in [0.25, 0.3) is 0 Å². The summed E-state index contributed by atoms with van der Waals surface area (Å²) in [5.41, 5.74) is 0.757. The average molecular weight is 391 g/mol. The average Bonchev–Trinajstić information content (AvgIpc) is 2.64. The van der Waals surface area contributed by atoms with E-state index in [2.05, 4.69) is 5.32 Å². The molecule has 2 heterocycles. The molecule has 1 fully saturated rings. The highest BCUT2D eigenvalue weighted by atomic mass is 32.2. The van der Waals surface area contributed by atoms with Crippen molar-refractivity contribution in [1.29, 1.82) is 0 Å². The molecule has 0 bridgehead atoms. The number of β-lactam (4-membered cyclic amide) rings is 1. The van der Waals surface area contributed by atoms with Gasteiger partial charge in [-0.3, -0.25) is 4.79 Å². The Bertz CT molecular complexity index is 920. The van der Waals surface area contributed by atoms with Crippen molar-refractivity contribution in [1.82, 2.24) is 9.62 Å². The zero-order chi connectivity index (χ0) is 19.4. The van der Waals surface area contributed by atoms with Crippen molar-refractivity contribution in [3.05, 3.63) is 66.5 Å². The van der Waals surface area contributed by atoms with Crippen molar-refractivity contribution in [3.63, 3.8) is 0 Å². The zero-order valence-corrected chi connectivity index (χ0v) is 14.9. The molecule has 1 saturated heterocycles. The molecule has 0 unspecified atom stereocenters. The van der Waals surface area contributed by atoms with Crippen LogP contribution in [0.1, 0.15) is 5.56 Å². The van der Waals surface area contributed by atoms with Crippen LogP contribution in [0.5, 0.6) is 0 Å². The maximum atomic E-state index is 12.1. The minimum absolute atomic E-state index is 0.00471. The minimum atomic E-state index is -4.98. The van der Waals surface area contributed by atoms with Crippen LogP contribution in [0.3, 0.4) is 0 Å². The molecule has 0 radical (unpaired) electrons. The maximum Gasteiger partial charge on any atom is 0.408 e. The molecule has 2 aromatic rings. The van der Waals surface area contributed by atoms with E-state index in [1.807, 2.05) is 6.07 Å². The van der Waals surface area contributed by atoms with Gasteiger partial charge < -0.3 is 14.6 Å². The summed E-state index contributed by atoms with van der Waals surface area (Å²) >= 11 is 0. The number of alkyl carbamates (subject to hydrolysis) is 1. The molecule has 1 aromatic carbocycles. The molecule has 0 saturated carbocycles. The largest absolute Gasteiger partial charge is 0.731 e. The van der Waals surface area contributed by atoms with Crippen LogP contribution in [0.2, 0.25) is 0 Å². The molecule has 0 spiro atoms. The van der Waals surface area contributed by atoms with Crippen LogP contribution in [0.15, 0.2) is 60.9 Å². The van der Waals surface area contributed by atoms with Gasteiger partial charge >= 0.3 is 6.09 Å². The van der Waals surface area contributed by atoms with Crippen molar-refractivity contribution < 1.29 is 31.9 Å². The van der Waals surface area contributed by atoms with Gasteiger partial charge in [-0.05, 0) is 5.56 Å². The van der Waals surface area contributed by atoms with Gasteiger partial charge in [-0.25, -0.2) is 22.1 Å². The van der Waals surface area contributed by atoms with Gasteiger partial charge in [0, 0.05) is 12.1 Å². The minimum Gasteiger partial charge on any atom is -0.731 e. The molecule has 9 nitrogen and oxygen atoms in total. The number of benzene rings is 1. The summed E-state index contributed by atoms with van der Waals surface area (Å²) in [6.07, 6.45) is 2.44. The quantitative estimate of drug-likeness (QED) is 0.419. The highest BCUT2D eigenvalue weighted by Crippen LogP contribution is 2.24. The Morgan fingerprint density at radius 1 is 1.15 bits per heavy atom. The Morgan fingerprint density at radius 2 is 1.78 bits per heavy atom. The third kappa shape index (κ3) is 4.41. The van der Waals surface area contributed by atoms with Gasteiger partial charge in [-0.15, -0.1) is 0 Å². The molecule has 3 rings (SSSR count). The number of ether oxygens (including phenoxy) is 1. The third-order valence-electron chi connectivity index (χ3n) is 4.07. The Hall–Kier alpha value is -2.98. The number of aromatic nitrogens is 1. The Balaban J connectivity index is 1.66. The molecule has 2 atom stereocenters. The summed E-state index contributed by atoms with van der Waals surface area (Å²) in [5, 5.41) is 2.34. The number of rotatable bonds is 6. The number of nitrogens with one attached hydrogen (secondary N) is 1. The first kappa shape index (κ1) is 18.8. The normalized spacial score (nSPS) is 19.3. The molecule has 1 aliphatic heterocycles. The van der Waals surface area contributed by atoms with E-state index in [9.17, 15) is 22.6 Å². The first-order valence-corrected chi connectivity index (χ1v) is 9.43. The smallest absolute Gasteiger partial charge is 0.408 e. The second-order valence-electron chi connectivity index (χ2n) is 5.92. The van der Waals surface area contributed by atoms with Gasteiger partial charge in [-0.2, -0.15) is 0 Å². The lowest BCUT2D eigenvalue weighted by Crippen LogP contribution is -2.74. The van der Waals surface area contributed by atoms with Crippen LogP contribution < -0.4 is 9.88 Å². The van der Waals surface area contributed by atoms with Crippen molar-refractivity contribution in [2.24, 2.45) is 0 Å². The standard InChI is InChI=1S/C17H17N3O6S/c21-16-15(18-17(22)26-12-13-7-3-1-4-8-13)14(20(16)27(23,24)25)11-19-9-5-2-6-10-19/h1-10,14-15H,11-12H2,(H-,18,22,23,24,25)/t14-,15+/m0/s1. The van der Waals surface area contributed by atoms with Gasteiger partial charge in [0.15, 0.2) is 29.2 Å². The predicted octanol–water partition coefficient (Wildman–Crippen LogP) is -0.0599. The molecule has 27 heavy (non-hydrogen) atoms. The SMILES string of the molecule is O=C(N[C@H]1C(=O)N(S(=O)(=O)[O-])[C@H]1C[n+]1ccccc1)OCc1ccccc1. The first-order chi connectivity index (χ1) is 12.9. The summed E-state index contributed by atoms with van der Waals surface area (Å²) in [5.74, 6) is -0.983. The summed E-state index contributed by atoms with van der Waals surface area (Å²) in [7, 11) is -4.98. The number of hydrogen-bond acceptors (Lipinski definition) is 6. The summed E-state index contributed by atoms with van der Waals surface area (Å²) in [4.78, 5) is 24.1. The Morgan fingerprint density at radius 3 is 2.41 bits per heavy atom. The number of carbonyl (C=O) groups is 2. The van der Waals surface area contributed by atoms with Gasteiger partial charge in [0.1, 0.15) is 18.7 Å². The van der Waals surface area contributed by atoms with Crippen molar-refractivity contribution in [2.45, 2.75) is 25.2 Å². The van der Waals surface area contributed by atoms with Crippen molar-refractivity contribution in [3.8, 4) is 0 Å². The summed E-state index contributed by atoms with van der Waals surface area (Å²) in [6, 6.07) is 11.9. The van der Waals surface area contributed by atoms with E-state index in [1.165, 1.54) is 0 Å². The van der Waals surface area contributed by atoms with Crippen molar-refractivity contribution >= 4 is 22.3 Å². The fraction of sp³-hybridized carbons (Fsp3) is 0.235. The van der Waals surface area contributed by atoms with Gasteiger partial charge in [0.05, 0.1) is 0 Å². The lowest BCUT2D eigenvalue weighted by atomic mass is 9.99. The third-order valence-corrected chi connectivity index (χ3v) is 5.00. The van der Waals surface area contributed by atoms with Crippen LogP contribution in [0, 0.1) is 0 Å². The van der Waals surface area contributed by atoms with Crippen LogP contribution in [-0.2, 0) is 33.0 Å². The second kappa shape index (κ2) is 7.72. The highest BCUT2D eigenvalue weighted by molar-refractivity contribution is 7.84. The molecule has 0 aliphatic carbocycles. The number of hydrogen-bond donors (Lipinski definition) is 1. The van der Waals surface area contributed by atoms with E-state index in [0.717, 1.165) is 5.56 Å². The molecular formula is C17H17N3O6S. The highest BCUT2D eigenvalue weighted by Gasteiger charge is 2.53. The lowest BCUT2D eigenvalue weighted by molar-refractivity contribution is -0.701. The first-order valence-electron chi connectivity index (χ1n) is 8.06. The summed E-state index contributed by atoms with van der Waals surface area (Å²) in [6.45, 7) is 0.0208. The van der Waals surface area contributed by atoms with Crippen LogP contribution >= 0.6 is 0 Å². The van der Waals surface area contributed by atoms with E-state index in [0.29, 0.717) is 0 Å². The molecule has 1 aromatic heterocycles. The van der Waals surface area contributed by atoms with Gasteiger partial charge in [0.2, 0.25) is 0 Å². The monoisotopic (exact) mass is 391 g/mol. The fourth-order valence-electron chi connectivity index (χ4n) is 2.80. The van der Waals surface area contributed by atoms with Crippen LogP contribution in [0.4, 0.5) is 4.79 Å². The number of pyridine rings is 1. The van der Waals surface area contributed by atoms with E-state index < -0.39 is 34.4 Å². The molecule has 10 heteroatoms.